The van der Waals surface area contributed by atoms with Gasteiger partial charge in [-0.2, -0.15) is 0 Å². The van der Waals surface area contributed by atoms with E-state index in [1.54, 1.807) is 31.2 Å². The second kappa shape index (κ2) is 9.54. The highest BCUT2D eigenvalue weighted by Gasteiger charge is 2.45. The Bertz CT molecular complexity index is 1750. The maximum atomic E-state index is 14.3. The van der Waals surface area contributed by atoms with Crippen LogP contribution in [0.2, 0.25) is 5.02 Å². The van der Waals surface area contributed by atoms with Gasteiger partial charge in [-0.05, 0) is 92.8 Å². The van der Waals surface area contributed by atoms with Crippen molar-refractivity contribution in [3.8, 4) is 21.0 Å². The van der Waals surface area contributed by atoms with Gasteiger partial charge in [0, 0.05) is 17.1 Å². The number of carbonyl (C=O) groups is 1. The lowest BCUT2D eigenvalue weighted by Gasteiger charge is -2.33. The summed E-state index contributed by atoms with van der Waals surface area (Å²) in [7, 11) is 0. The molecule has 2 aromatic heterocycles. The maximum Gasteiger partial charge on any atom is 0.274 e. The van der Waals surface area contributed by atoms with Crippen molar-refractivity contribution in [3.63, 3.8) is 0 Å². The Morgan fingerprint density at radius 1 is 1.05 bits per heavy atom. The summed E-state index contributed by atoms with van der Waals surface area (Å²) in [4.78, 5) is 29.8. The van der Waals surface area contributed by atoms with Gasteiger partial charge in [-0.1, -0.05) is 23.7 Å². The van der Waals surface area contributed by atoms with Crippen LogP contribution in [0.4, 0.5) is 8.78 Å². The molecular weight excluding hydrogens is 538 g/mol. The zero-order valence-electron chi connectivity index (χ0n) is 21.6. The van der Waals surface area contributed by atoms with E-state index >= 15 is 0 Å². The van der Waals surface area contributed by atoms with E-state index in [2.05, 4.69) is 4.98 Å². The largest absolute Gasteiger partial charge is 0.340 e. The maximum absolute atomic E-state index is 14.3. The Kier molecular flexibility index (Phi) is 6.27. The first-order valence-electron chi connectivity index (χ1n) is 12.7. The number of thiazole rings is 1. The molecule has 0 bridgehead atoms. The average molecular weight is 563 g/mol. The average Bonchev–Trinajstić information content (AvgIpc) is 3.66. The van der Waals surface area contributed by atoms with Crippen LogP contribution in [0.15, 0.2) is 54.6 Å². The summed E-state index contributed by atoms with van der Waals surface area (Å²) in [5.74, 6) is -0.203. The van der Waals surface area contributed by atoms with Crippen molar-refractivity contribution in [3.05, 3.63) is 93.9 Å². The number of hydrogen-bond acceptors (Lipinski definition) is 4. The first kappa shape index (κ1) is 25.6. The molecule has 0 spiro atoms. The van der Waals surface area contributed by atoms with Gasteiger partial charge >= 0.3 is 0 Å². The van der Waals surface area contributed by atoms with Crippen molar-refractivity contribution in [2.24, 2.45) is 0 Å². The Morgan fingerprint density at radius 3 is 2.54 bits per heavy atom. The van der Waals surface area contributed by atoms with E-state index in [-0.39, 0.29) is 23.2 Å². The summed E-state index contributed by atoms with van der Waals surface area (Å²) < 4.78 is 27.7. The van der Waals surface area contributed by atoms with Crippen LogP contribution in [0, 0.1) is 25.5 Å². The van der Waals surface area contributed by atoms with Crippen molar-refractivity contribution >= 4 is 39.9 Å². The molecular formula is C30H25ClF2N4OS. The second-order valence-electron chi connectivity index (χ2n) is 10.2. The van der Waals surface area contributed by atoms with E-state index < -0.39 is 5.54 Å². The number of likely N-dealkylation sites (tertiary alicyclic amines) is 1. The topological polar surface area (TPSA) is 61.9 Å². The number of aromatic nitrogens is 3. The van der Waals surface area contributed by atoms with Gasteiger partial charge in [-0.3, -0.25) is 4.79 Å². The molecule has 0 radical (unpaired) electrons. The third-order valence-corrected chi connectivity index (χ3v) is 9.14. The number of amides is 1. The lowest BCUT2D eigenvalue weighted by molar-refractivity contribution is 0.0601. The van der Waals surface area contributed by atoms with Gasteiger partial charge in [0.2, 0.25) is 0 Å². The van der Waals surface area contributed by atoms with Crippen molar-refractivity contribution in [1.82, 2.24) is 19.9 Å². The summed E-state index contributed by atoms with van der Waals surface area (Å²) in [6.45, 7) is 6.17. The lowest BCUT2D eigenvalue weighted by Crippen LogP contribution is -2.44. The predicted molar refractivity (Wildman–Crippen MR) is 151 cm³/mol. The fourth-order valence-electron chi connectivity index (χ4n) is 5.27. The Labute approximate surface area is 233 Å². The summed E-state index contributed by atoms with van der Waals surface area (Å²) >= 11 is 7.67. The van der Waals surface area contributed by atoms with E-state index in [1.165, 1.54) is 29.5 Å². The van der Waals surface area contributed by atoms with Crippen molar-refractivity contribution < 1.29 is 13.6 Å². The lowest BCUT2D eigenvalue weighted by atomic mass is 9.97. The molecule has 39 heavy (non-hydrogen) atoms. The van der Waals surface area contributed by atoms with Gasteiger partial charge in [-0.15, -0.1) is 11.3 Å². The summed E-state index contributed by atoms with van der Waals surface area (Å²) in [6, 6.07) is 14.5. The Hall–Kier alpha value is -3.62. The molecule has 1 N–H and O–H groups in total. The number of benzene rings is 3. The first-order chi connectivity index (χ1) is 18.7. The van der Waals surface area contributed by atoms with Crippen LogP contribution >= 0.6 is 22.9 Å². The smallest absolute Gasteiger partial charge is 0.274 e. The quantitative estimate of drug-likeness (QED) is 0.241. The summed E-state index contributed by atoms with van der Waals surface area (Å²) in [5.41, 5.74) is 4.03. The van der Waals surface area contributed by atoms with Gasteiger partial charge < -0.3 is 9.88 Å². The minimum atomic E-state index is -0.689. The van der Waals surface area contributed by atoms with Crippen LogP contribution < -0.4 is 0 Å². The fourth-order valence-corrected chi connectivity index (χ4v) is 6.48. The monoisotopic (exact) mass is 562 g/mol. The molecule has 0 unspecified atom stereocenters. The van der Waals surface area contributed by atoms with Gasteiger partial charge in [-0.25, -0.2) is 18.7 Å². The SMILES string of the molecule is Cc1cc(-c2nc(C(=O)N3CCC[C@@]3(C)c3nc4c(C)c(Cl)ccc4[nH]3)c(-c3ccc(F)cc3)s2)ccc1F. The van der Waals surface area contributed by atoms with Crippen molar-refractivity contribution in [2.45, 2.75) is 39.2 Å². The molecule has 1 saturated heterocycles. The highest BCUT2D eigenvalue weighted by atomic mass is 35.5. The van der Waals surface area contributed by atoms with E-state index in [0.29, 0.717) is 38.4 Å². The van der Waals surface area contributed by atoms with Gasteiger partial charge in [0.1, 0.15) is 28.2 Å². The number of aromatic amines is 1. The van der Waals surface area contributed by atoms with E-state index in [9.17, 15) is 13.6 Å². The number of rotatable bonds is 4. The minimum Gasteiger partial charge on any atom is -0.340 e. The Morgan fingerprint density at radius 2 is 1.79 bits per heavy atom. The number of imidazole rings is 1. The van der Waals surface area contributed by atoms with E-state index in [0.717, 1.165) is 35.0 Å². The second-order valence-corrected chi connectivity index (χ2v) is 11.6. The zero-order valence-corrected chi connectivity index (χ0v) is 23.2. The third-order valence-electron chi connectivity index (χ3n) is 7.58. The van der Waals surface area contributed by atoms with Crippen LogP contribution in [-0.4, -0.2) is 32.3 Å². The van der Waals surface area contributed by atoms with Crippen LogP contribution in [0.5, 0.6) is 0 Å². The molecule has 198 valence electrons. The predicted octanol–water partition coefficient (Wildman–Crippen LogP) is 8.05. The number of fused-ring (bicyclic) bond motifs is 1. The van der Waals surface area contributed by atoms with Gasteiger partial charge in [0.15, 0.2) is 0 Å². The molecule has 3 heterocycles. The number of nitrogens with zero attached hydrogens (tertiary/aromatic N) is 3. The van der Waals surface area contributed by atoms with Gasteiger partial charge in [0.25, 0.3) is 5.91 Å². The molecule has 1 aliphatic heterocycles. The number of halogens is 3. The van der Waals surface area contributed by atoms with E-state index in [4.69, 9.17) is 21.6 Å². The molecule has 0 saturated carbocycles. The number of carbonyl (C=O) groups excluding carboxylic acids is 1. The molecule has 9 heteroatoms. The molecule has 1 aliphatic rings. The number of H-pyrrole nitrogens is 1. The molecule has 5 aromatic rings. The molecule has 6 rings (SSSR count). The highest BCUT2D eigenvalue weighted by molar-refractivity contribution is 7.18. The van der Waals surface area contributed by atoms with E-state index in [1.807, 2.05) is 30.9 Å². The van der Waals surface area contributed by atoms with Gasteiger partial charge in [0.05, 0.1) is 21.4 Å². The van der Waals surface area contributed by atoms with Crippen LogP contribution in [0.1, 0.15) is 47.2 Å². The van der Waals surface area contributed by atoms with Crippen molar-refractivity contribution in [1.29, 1.82) is 0 Å². The molecule has 3 aromatic carbocycles. The number of aryl methyl sites for hydroxylation is 2. The fraction of sp³-hybridized carbons (Fsp3) is 0.233. The molecule has 0 aliphatic carbocycles. The molecule has 1 atom stereocenters. The molecule has 1 fully saturated rings. The molecule has 1 amide bonds. The van der Waals surface area contributed by atoms with Crippen molar-refractivity contribution in [2.75, 3.05) is 6.54 Å². The zero-order chi connectivity index (χ0) is 27.5. The van der Waals surface area contributed by atoms with Crippen LogP contribution in [0.25, 0.3) is 32.0 Å². The highest BCUT2D eigenvalue weighted by Crippen LogP contribution is 2.42. The van der Waals surface area contributed by atoms with Crippen LogP contribution in [-0.2, 0) is 5.54 Å². The standard InChI is InChI=1S/C30H25ClF2N4OS/c1-16-15-19(7-11-22(16)33)27-35-25(26(39-27)18-5-8-20(32)9-6-18)28(38)37-14-4-13-30(37,3)29-34-23-12-10-21(31)17(2)24(23)36-29/h5-12,15H,4,13-14H2,1-3H3,(H,34,36)/t30-/m0/s1. The third kappa shape index (κ3) is 4.32. The first-order valence-corrected chi connectivity index (χ1v) is 13.9. The minimum absolute atomic E-state index is 0.231. The summed E-state index contributed by atoms with van der Waals surface area (Å²) in [5, 5.41) is 1.23. The summed E-state index contributed by atoms with van der Waals surface area (Å²) in [6.07, 6.45) is 1.53. The number of nitrogens with one attached hydrogen (secondary N) is 1. The van der Waals surface area contributed by atoms with Crippen LogP contribution in [0.3, 0.4) is 0 Å². The Balaban J connectivity index is 1.45. The molecule has 5 nitrogen and oxygen atoms in total. The normalized spacial score (nSPS) is 17.3. The number of hydrogen-bond donors (Lipinski definition) is 1.